The van der Waals surface area contributed by atoms with E-state index in [0.717, 1.165) is 19.3 Å². The molecule has 2 N–H and O–H groups in total. The Kier molecular flexibility index (Phi) is 3.57. The van der Waals surface area contributed by atoms with Crippen molar-refractivity contribution in [2.75, 3.05) is 6.61 Å². The molecule has 1 saturated carbocycles. The average Bonchev–Trinajstić information content (AvgIpc) is 3.13. The molecule has 1 atom stereocenters. The van der Waals surface area contributed by atoms with Gasteiger partial charge in [0.2, 0.25) is 0 Å². The molecule has 0 amide bonds. The van der Waals surface area contributed by atoms with Crippen LogP contribution in [0.3, 0.4) is 0 Å². The smallest absolute Gasteiger partial charge is 0.323 e. The Bertz CT molecular complexity index is 346. The monoisotopic (exact) mass is 219 g/mol. The van der Waals surface area contributed by atoms with Crippen LogP contribution in [0.4, 0.5) is 0 Å². The van der Waals surface area contributed by atoms with E-state index in [2.05, 4.69) is 0 Å². The number of carbonyl (C=O) groups excluding carboxylic acids is 1. The van der Waals surface area contributed by atoms with Gasteiger partial charge in [-0.3, -0.25) is 4.79 Å². The van der Waals surface area contributed by atoms with Crippen LogP contribution in [0.2, 0.25) is 0 Å². The quantitative estimate of drug-likeness (QED) is 0.764. The molecule has 0 spiro atoms. The molecule has 1 aromatic rings. The van der Waals surface area contributed by atoms with Crippen molar-refractivity contribution in [2.45, 2.75) is 25.3 Å². The summed E-state index contributed by atoms with van der Waals surface area (Å²) < 4.78 is 5.15. The molecule has 3 nitrogen and oxygen atoms in total. The molecule has 3 heteroatoms. The SMILES string of the molecule is NC(C(=O)OCCc1ccccc1)C1CC1. The van der Waals surface area contributed by atoms with E-state index in [1.165, 1.54) is 5.56 Å². The lowest BCUT2D eigenvalue weighted by Gasteiger charge is -2.10. The van der Waals surface area contributed by atoms with E-state index in [-0.39, 0.29) is 5.97 Å². The predicted molar refractivity (Wildman–Crippen MR) is 61.8 cm³/mol. The Morgan fingerprint density at radius 2 is 2.06 bits per heavy atom. The average molecular weight is 219 g/mol. The standard InChI is InChI=1S/C13H17NO2/c14-12(11-6-7-11)13(15)16-9-8-10-4-2-1-3-5-10/h1-5,11-12H,6-9,14H2. The molecule has 16 heavy (non-hydrogen) atoms. The van der Waals surface area contributed by atoms with Gasteiger partial charge in [-0.05, 0) is 24.3 Å². The minimum absolute atomic E-state index is 0.251. The number of rotatable bonds is 5. The van der Waals surface area contributed by atoms with Crippen LogP contribution in [-0.4, -0.2) is 18.6 Å². The van der Waals surface area contributed by atoms with Crippen molar-refractivity contribution in [3.63, 3.8) is 0 Å². The van der Waals surface area contributed by atoms with Crippen molar-refractivity contribution in [1.29, 1.82) is 0 Å². The Hall–Kier alpha value is -1.35. The first-order valence-corrected chi connectivity index (χ1v) is 5.73. The lowest BCUT2D eigenvalue weighted by Crippen LogP contribution is -2.34. The van der Waals surface area contributed by atoms with Crippen molar-refractivity contribution in [3.8, 4) is 0 Å². The fraction of sp³-hybridized carbons (Fsp3) is 0.462. The van der Waals surface area contributed by atoms with Gasteiger partial charge < -0.3 is 10.5 Å². The molecule has 1 aliphatic carbocycles. The van der Waals surface area contributed by atoms with Crippen molar-refractivity contribution in [1.82, 2.24) is 0 Å². The predicted octanol–water partition coefficient (Wildman–Crippen LogP) is 1.51. The molecule has 86 valence electrons. The first-order chi connectivity index (χ1) is 7.77. The summed E-state index contributed by atoms with van der Waals surface area (Å²) in [5, 5.41) is 0. The second-order valence-electron chi connectivity index (χ2n) is 4.27. The molecule has 1 unspecified atom stereocenters. The molecule has 0 radical (unpaired) electrons. The van der Waals surface area contributed by atoms with Gasteiger partial charge in [0, 0.05) is 6.42 Å². The van der Waals surface area contributed by atoms with E-state index in [1.54, 1.807) is 0 Å². The summed E-state index contributed by atoms with van der Waals surface area (Å²) in [6, 6.07) is 9.57. The third-order valence-electron chi connectivity index (χ3n) is 2.88. The van der Waals surface area contributed by atoms with E-state index in [4.69, 9.17) is 10.5 Å². The molecule has 0 heterocycles. The number of ether oxygens (including phenoxy) is 1. The van der Waals surface area contributed by atoms with Gasteiger partial charge in [0.25, 0.3) is 0 Å². The molecule has 0 aromatic heterocycles. The Morgan fingerprint density at radius 3 is 2.69 bits per heavy atom. The number of hydrogen-bond donors (Lipinski definition) is 1. The molecule has 0 aliphatic heterocycles. The van der Waals surface area contributed by atoms with E-state index in [1.807, 2.05) is 30.3 Å². The van der Waals surface area contributed by atoms with Gasteiger partial charge in [0.1, 0.15) is 6.04 Å². The van der Waals surface area contributed by atoms with E-state index < -0.39 is 6.04 Å². The van der Waals surface area contributed by atoms with Gasteiger partial charge in [-0.15, -0.1) is 0 Å². The maximum atomic E-state index is 11.5. The van der Waals surface area contributed by atoms with Crippen LogP contribution in [0.1, 0.15) is 18.4 Å². The van der Waals surface area contributed by atoms with Crippen molar-refractivity contribution < 1.29 is 9.53 Å². The highest BCUT2D eigenvalue weighted by Gasteiger charge is 2.34. The van der Waals surface area contributed by atoms with Crippen LogP contribution in [0, 0.1) is 5.92 Å². The largest absolute Gasteiger partial charge is 0.464 e. The summed E-state index contributed by atoms with van der Waals surface area (Å²) in [6.07, 6.45) is 2.88. The highest BCUT2D eigenvalue weighted by Crippen LogP contribution is 2.31. The maximum absolute atomic E-state index is 11.5. The first kappa shape index (κ1) is 11.1. The zero-order valence-electron chi connectivity index (χ0n) is 9.26. The van der Waals surface area contributed by atoms with Crippen LogP contribution in [0.5, 0.6) is 0 Å². The number of hydrogen-bond acceptors (Lipinski definition) is 3. The van der Waals surface area contributed by atoms with Crippen LogP contribution in [0.15, 0.2) is 30.3 Å². The number of carbonyl (C=O) groups is 1. The summed E-state index contributed by atoms with van der Waals surface area (Å²) in [6.45, 7) is 0.420. The van der Waals surface area contributed by atoms with E-state index in [0.29, 0.717) is 12.5 Å². The third kappa shape index (κ3) is 3.07. The summed E-state index contributed by atoms with van der Waals surface area (Å²) in [5.74, 6) is 0.114. The van der Waals surface area contributed by atoms with Crippen molar-refractivity contribution in [2.24, 2.45) is 11.7 Å². The van der Waals surface area contributed by atoms with Gasteiger partial charge in [-0.1, -0.05) is 30.3 Å². The zero-order chi connectivity index (χ0) is 11.4. The summed E-state index contributed by atoms with van der Waals surface area (Å²) in [4.78, 5) is 11.5. The summed E-state index contributed by atoms with van der Waals surface area (Å²) in [5.41, 5.74) is 6.90. The maximum Gasteiger partial charge on any atom is 0.323 e. The number of benzene rings is 1. The van der Waals surface area contributed by atoms with Gasteiger partial charge in [0.05, 0.1) is 6.61 Å². The van der Waals surface area contributed by atoms with Gasteiger partial charge in [-0.25, -0.2) is 0 Å². The van der Waals surface area contributed by atoms with Crippen LogP contribution in [0.25, 0.3) is 0 Å². The zero-order valence-corrected chi connectivity index (χ0v) is 9.26. The molecule has 0 saturated heterocycles. The Labute approximate surface area is 95.6 Å². The first-order valence-electron chi connectivity index (χ1n) is 5.73. The number of esters is 1. The summed E-state index contributed by atoms with van der Waals surface area (Å²) >= 11 is 0. The van der Waals surface area contributed by atoms with Crippen molar-refractivity contribution in [3.05, 3.63) is 35.9 Å². The fourth-order valence-electron chi connectivity index (χ4n) is 1.66. The molecule has 0 bridgehead atoms. The lowest BCUT2D eigenvalue weighted by atomic mass is 10.2. The second-order valence-corrected chi connectivity index (χ2v) is 4.27. The Morgan fingerprint density at radius 1 is 1.38 bits per heavy atom. The van der Waals surface area contributed by atoms with Crippen LogP contribution >= 0.6 is 0 Å². The normalized spacial score (nSPS) is 16.8. The topological polar surface area (TPSA) is 52.3 Å². The molecular weight excluding hydrogens is 202 g/mol. The molecule has 1 aromatic carbocycles. The van der Waals surface area contributed by atoms with Crippen molar-refractivity contribution >= 4 is 5.97 Å². The van der Waals surface area contributed by atoms with Crippen LogP contribution in [-0.2, 0) is 16.0 Å². The minimum atomic E-state index is -0.407. The van der Waals surface area contributed by atoms with Gasteiger partial charge in [0.15, 0.2) is 0 Å². The Balaban J connectivity index is 1.69. The van der Waals surface area contributed by atoms with Gasteiger partial charge >= 0.3 is 5.97 Å². The van der Waals surface area contributed by atoms with Gasteiger partial charge in [-0.2, -0.15) is 0 Å². The highest BCUT2D eigenvalue weighted by molar-refractivity contribution is 5.76. The second kappa shape index (κ2) is 5.12. The third-order valence-corrected chi connectivity index (χ3v) is 2.88. The van der Waals surface area contributed by atoms with E-state index >= 15 is 0 Å². The highest BCUT2D eigenvalue weighted by atomic mass is 16.5. The molecule has 2 rings (SSSR count). The van der Waals surface area contributed by atoms with E-state index in [9.17, 15) is 4.79 Å². The lowest BCUT2D eigenvalue weighted by molar-refractivity contribution is -0.145. The van der Waals surface area contributed by atoms with Crippen LogP contribution < -0.4 is 5.73 Å². The molecule has 1 fully saturated rings. The summed E-state index contributed by atoms with van der Waals surface area (Å²) in [7, 11) is 0. The fourth-order valence-corrected chi connectivity index (χ4v) is 1.66. The molecular formula is C13H17NO2. The minimum Gasteiger partial charge on any atom is -0.464 e. The molecule has 1 aliphatic rings. The number of nitrogens with two attached hydrogens (primary N) is 1.